The maximum atomic E-state index is 13.8. The summed E-state index contributed by atoms with van der Waals surface area (Å²) in [7, 11) is 1.63. The molecule has 0 aliphatic rings. The first kappa shape index (κ1) is 17.6. The van der Waals surface area contributed by atoms with Gasteiger partial charge in [0.05, 0.1) is 13.2 Å². The van der Waals surface area contributed by atoms with Crippen LogP contribution in [0.4, 0.5) is 9.18 Å². The summed E-state index contributed by atoms with van der Waals surface area (Å²) in [5.41, 5.74) is 1.29. The molecule has 2 N–H and O–H groups in total. The van der Waals surface area contributed by atoms with Crippen LogP contribution in [0.25, 0.3) is 0 Å². The molecule has 0 fully saturated rings. The summed E-state index contributed by atoms with van der Waals surface area (Å²) in [4.78, 5) is 13.5. The van der Waals surface area contributed by atoms with E-state index in [1.807, 2.05) is 0 Å². The fourth-order valence-corrected chi connectivity index (χ4v) is 2.21. The fraction of sp³-hybridized carbons (Fsp3) is 0.278. The Labute approximate surface area is 140 Å². The number of nitrogens with one attached hydrogen (secondary N) is 1. The minimum absolute atomic E-state index is 0.144. The second kappa shape index (κ2) is 8.19. The van der Waals surface area contributed by atoms with Crippen LogP contribution < -0.4 is 10.1 Å². The smallest absolute Gasteiger partial charge is 0.317 e. The average molecular weight is 332 g/mol. The van der Waals surface area contributed by atoms with Crippen LogP contribution in [0.5, 0.6) is 11.5 Å². The molecular formula is C18H21FN2O3. The summed E-state index contributed by atoms with van der Waals surface area (Å²) in [6, 6.07) is 11.1. The predicted molar refractivity (Wildman–Crippen MR) is 89.4 cm³/mol. The third kappa shape index (κ3) is 4.62. The number of carbonyl (C=O) groups excluding carboxylic acids is 1. The van der Waals surface area contributed by atoms with Crippen molar-refractivity contribution < 1.29 is 19.0 Å². The maximum absolute atomic E-state index is 13.8. The number of benzene rings is 2. The Balaban J connectivity index is 1.90. The van der Waals surface area contributed by atoms with Crippen LogP contribution in [0.15, 0.2) is 42.5 Å². The molecule has 0 saturated carbocycles. The zero-order valence-electron chi connectivity index (χ0n) is 13.8. The van der Waals surface area contributed by atoms with E-state index in [1.54, 1.807) is 50.4 Å². The number of hydrogen-bond acceptors (Lipinski definition) is 3. The quantitative estimate of drug-likeness (QED) is 0.853. The van der Waals surface area contributed by atoms with Crippen molar-refractivity contribution >= 4 is 6.03 Å². The van der Waals surface area contributed by atoms with Crippen LogP contribution in [0, 0.1) is 5.82 Å². The van der Waals surface area contributed by atoms with Crippen LogP contribution in [0.3, 0.4) is 0 Å². The van der Waals surface area contributed by atoms with Crippen LogP contribution in [0.2, 0.25) is 0 Å². The summed E-state index contributed by atoms with van der Waals surface area (Å²) in [6.07, 6.45) is 0. The van der Waals surface area contributed by atoms with Crippen molar-refractivity contribution in [1.82, 2.24) is 10.2 Å². The van der Waals surface area contributed by atoms with Gasteiger partial charge in [-0.2, -0.15) is 0 Å². The van der Waals surface area contributed by atoms with Crippen molar-refractivity contribution in [2.45, 2.75) is 20.0 Å². The lowest BCUT2D eigenvalue weighted by Gasteiger charge is -2.18. The van der Waals surface area contributed by atoms with Gasteiger partial charge in [0.1, 0.15) is 5.75 Å². The molecule has 0 spiro atoms. The molecule has 0 bridgehead atoms. The van der Waals surface area contributed by atoms with E-state index < -0.39 is 5.82 Å². The minimum atomic E-state index is -0.453. The Kier molecular flexibility index (Phi) is 6.01. The molecule has 0 atom stereocenters. The van der Waals surface area contributed by atoms with Gasteiger partial charge in [0.2, 0.25) is 0 Å². The number of rotatable bonds is 6. The Bertz CT molecular complexity index is 706. The fourth-order valence-electron chi connectivity index (χ4n) is 2.21. The second-order valence-electron chi connectivity index (χ2n) is 5.34. The summed E-state index contributed by atoms with van der Waals surface area (Å²) >= 11 is 0. The zero-order valence-corrected chi connectivity index (χ0v) is 13.8. The molecule has 0 aromatic heterocycles. The van der Waals surface area contributed by atoms with E-state index >= 15 is 0 Å². The van der Waals surface area contributed by atoms with Gasteiger partial charge in [-0.15, -0.1) is 0 Å². The molecule has 0 heterocycles. The number of hydrogen-bond donors (Lipinski definition) is 2. The van der Waals surface area contributed by atoms with Crippen LogP contribution >= 0.6 is 0 Å². The third-order valence-electron chi connectivity index (χ3n) is 3.49. The topological polar surface area (TPSA) is 61.8 Å². The van der Waals surface area contributed by atoms with Gasteiger partial charge in [0.15, 0.2) is 11.6 Å². The number of phenols is 1. The van der Waals surface area contributed by atoms with E-state index in [-0.39, 0.29) is 30.6 Å². The Morgan fingerprint density at radius 2 is 2.04 bits per heavy atom. The number of amides is 2. The molecule has 0 saturated heterocycles. The van der Waals surface area contributed by atoms with Crippen LogP contribution in [0.1, 0.15) is 18.1 Å². The number of phenolic OH excluding ortho intramolecular Hbond substituents is 1. The third-order valence-corrected chi connectivity index (χ3v) is 3.49. The molecule has 5 nitrogen and oxygen atoms in total. The van der Waals surface area contributed by atoms with Crippen molar-refractivity contribution in [2.75, 3.05) is 13.7 Å². The van der Waals surface area contributed by atoms with E-state index in [4.69, 9.17) is 4.74 Å². The van der Waals surface area contributed by atoms with Gasteiger partial charge >= 0.3 is 6.03 Å². The molecule has 6 heteroatoms. The highest BCUT2D eigenvalue weighted by molar-refractivity contribution is 5.73. The number of aromatic hydroxyl groups is 1. The van der Waals surface area contributed by atoms with Gasteiger partial charge in [-0.1, -0.05) is 24.3 Å². The van der Waals surface area contributed by atoms with Crippen LogP contribution in [-0.4, -0.2) is 29.7 Å². The molecule has 2 amide bonds. The van der Waals surface area contributed by atoms with E-state index in [2.05, 4.69) is 5.32 Å². The number of halogens is 1. The first-order valence-electron chi connectivity index (χ1n) is 7.68. The van der Waals surface area contributed by atoms with Gasteiger partial charge < -0.3 is 20.1 Å². The van der Waals surface area contributed by atoms with E-state index in [0.29, 0.717) is 17.7 Å². The van der Waals surface area contributed by atoms with Gasteiger partial charge in [-0.05, 0) is 30.7 Å². The number of para-hydroxylation sites is 1. The van der Waals surface area contributed by atoms with Gasteiger partial charge in [0, 0.05) is 19.2 Å². The highest BCUT2D eigenvalue weighted by Gasteiger charge is 2.11. The average Bonchev–Trinajstić information content (AvgIpc) is 2.57. The SMILES string of the molecule is CCOc1ccc(CNC(=O)N(C)Cc2ccccc2O)cc1F. The molecule has 2 aromatic rings. The number of urea groups is 1. The monoisotopic (exact) mass is 332 g/mol. The van der Waals surface area contributed by atoms with Crippen molar-refractivity contribution in [3.05, 3.63) is 59.4 Å². The molecular weight excluding hydrogens is 311 g/mol. The molecule has 0 radical (unpaired) electrons. The summed E-state index contributed by atoms with van der Waals surface area (Å²) in [5, 5.41) is 12.5. The van der Waals surface area contributed by atoms with E-state index in [1.165, 1.54) is 11.0 Å². The highest BCUT2D eigenvalue weighted by atomic mass is 19.1. The molecule has 0 aliphatic carbocycles. The van der Waals surface area contributed by atoms with Gasteiger partial charge in [0.25, 0.3) is 0 Å². The van der Waals surface area contributed by atoms with Crippen LogP contribution in [-0.2, 0) is 13.1 Å². The lowest BCUT2D eigenvalue weighted by molar-refractivity contribution is 0.206. The Hall–Kier alpha value is -2.76. The first-order chi connectivity index (χ1) is 11.5. The largest absolute Gasteiger partial charge is 0.508 e. The van der Waals surface area contributed by atoms with E-state index in [9.17, 15) is 14.3 Å². The molecule has 2 rings (SSSR count). The molecule has 24 heavy (non-hydrogen) atoms. The van der Waals surface area contributed by atoms with Crippen molar-refractivity contribution in [1.29, 1.82) is 0 Å². The number of ether oxygens (including phenoxy) is 1. The summed E-state index contributed by atoms with van der Waals surface area (Å²) in [5.74, 6) is -0.110. The van der Waals surface area contributed by atoms with E-state index in [0.717, 1.165) is 0 Å². The predicted octanol–water partition coefficient (Wildman–Crippen LogP) is 3.27. The van der Waals surface area contributed by atoms with Gasteiger partial charge in [-0.25, -0.2) is 9.18 Å². The summed E-state index contributed by atoms with van der Waals surface area (Å²) < 4.78 is 18.9. The molecule has 0 unspecified atom stereocenters. The van der Waals surface area contributed by atoms with Crippen molar-refractivity contribution in [3.63, 3.8) is 0 Å². The lowest BCUT2D eigenvalue weighted by Crippen LogP contribution is -2.36. The van der Waals surface area contributed by atoms with Crippen molar-refractivity contribution in [3.8, 4) is 11.5 Å². The maximum Gasteiger partial charge on any atom is 0.317 e. The highest BCUT2D eigenvalue weighted by Crippen LogP contribution is 2.19. The number of nitrogens with zero attached hydrogens (tertiary/aromatic N) is 1. The molecule has 128 valence electrons. The minimum Gasteiger partial charge on any atom is -0.508 e. The normalized spacial score (nSPS) is 10.3. The molecule has 0 aliphatic heterocycles. The summed E-state index contributed by atoms with van der Waals surface area (Å²) in [6.45, 7) is 2.65. The first-order valence-corrected chi connectivity index (χ1v) is 7.68. The second-order valence-corrected chi connectivity index (χ2v) is 5.34. The Morgan fingerprint density at radius 1 is 1.29 bits per heavy atom. The zero-order chi connectivity index (χ0) is 17.5. The van der Waals surface area contributed by atoms with Crippen molar-refractivity contribution in [2.24, 2.45) is 0 Å². The Morgan fingerprint density at radius 3 is 2.71 bits per heavy atom. The lowest BCUT2D eigenvalue weighted by atomic mass is 10.2. The number of carbonyl (C=O) groups is 1. The standard InChI is InChI=1S/C18H21FN2O3/c1-3-24-17-9-8-13(10-15(17)19)11-20-18(23)21(2)12-14-6-4-5-7-16(14)22/h4-10,22H,3,11-12H2,1-2H3,(H,20,23). The molecule has 2 aromatic carbocycles. The van der Waals surface area contributed by atoms with Gasteiger partial charge in [-0.3, -0.25) is 0 Å².